The Bertz CT molecular complexity index is 637. The average Bonchev–Trinajstić information content (AvgIpc) is 2.94. The number of benzene rings is 1. The number of aromatic nitrogens is 1. The maximum Gasteiger partial charge on any atom is 0.299 e. The first-order chi connectivity index (χ1) is 8.66. The first kappa shape index (κ1) is 10.6. The number of nitrogens with zero attached hydrogens (tertiary/aromatic N) is 2. The van der Waals surface area contributed by atoms with Crippen molar-refractivity contribution in [2.45, 2.75) is 6.54 Å². The van der Waals surface area contributed by atoms with Crippen LogP contribution in [0.3, 0.4) is 0 Å². The fraction of sp³-hybridized carbons (Fsp3) is 0.0833. The molecule has 2 heterocycles. The third-order valence-corrected chi connectivity index (χ3v) is 2.74. The highest BCUT2D eigenvalue weighted by Crippen LogP contribution is 2.30. The number of rotatable bonds is 2. The van der Waals surface area contributed by atoms with Crippen LogP contribution >= 0.6 is 0 Å². The second-order valence-electron chi connectivity index (χ2n) is 3.86. The second kappa shape index (κ2) is 3.76. The Morgan fingerprint density at radius 2 is 2.11 bits per heavy atom. The molecule has 1 aliphatic heterocycles. The van der Waals surface area contributed by atoms with Gasteiger partial charge >= 0.3 is 0 Å². The molecule has 2 aromatic rings. The predicted octanol–water partition coefficient (Wildman–Crippen LogP) is 1.54. The SMILES string of the molecule is O=C1C(=O)N(Cc2ccno2)c2ccc(F)cc21. The van der Waals surface area contributed by atoms with Crippen LogP contribution in [0.4, 0.5) is 10.1 Å². The predicted molar refractivity (Wildman–Crippen MR) is 58.4 cm³/mol. The number of hydrogen-bond donors (Lipinski definition) is 0. The highest BCUT2D eigenvalue weighted by atomic mass is 19.1. The molecule has 1 aliphatic rings. The van der Waals surface area contributed by atoms with Crippen molar-refractivity contribution in [3.8, 4) is 0 Å². The van der Waals surface area contributed by atoms with Gasteiger partial charge < -0.3 is 4.52 Å². The number of fused-ring (bicyclic) bond motifs is 1. The number of carbonyl (C=O) groups is 2. The molecule has 0 saturated carbocycles. The maximum atomic E-state index is 13.1. The summed E-state index contributed by atoms with van der Waals surface area (Å²) < 4.78 is 17.9. The quantitative estimate of drug-likeness (QED) is 0.754. The van der Waals surface area contributed by atoms with E-state index < -0.39 is 17.5 Å². The molecule has 0 unspecified atom stereocenters. The second-order valence-corrected chi connectivity index (χ2v) is 3.86. The van der Waals surface area contributed by atoms with Gasteiger partial charge in [-0.2, -0.15) is 0 Å². The molecule has 3 rings (SSSR count). The molecule has 0 atom stereocenters. The summed E-state index contributed by atoms with van der Waals surface area (Å²) in [6.07, 6.45) is 1.45. The largest absolute Gasteiger partial charge is 0.359 e. The van der Waals surface area contributed by atoms with Crippen LogP contribution in [0.2, 0.25) is 0 Å². The van der Waals surface area contributed by atoms with Crippen molar-refractivity contribution in [1.29, 1.82) is 0 Å². The van der Waals surface area contributed by atoms with Crippen molar-refractivity contribution < 1.29 is 18.5 Å². The summed E-state index contributed by atoms with van der Waals surface area (Å²) in [5.41, 5.74) is 0.474. The zero-order valence-corrected chi connectivity index (χ0v) is 9.09. The standard InChI is InChI=1S/C12H7FN2O3/c13-7-1-2-10-9(5-7)11(16)12(17)15(10)6-8-3-4-14-18-8/h1-5H,6H2. The van der Waals surface area contributed by atoms with Crippen molar-refractivity contribution >= 4 is 17.4 Å². The Morgan fingerprint density at radius 3 is 2.83 bits per heavy atom. The number of hydrogen-bond acceptors (Lipinski definition) is 4. The van der Waals surface area contributed by atoms with Gasteiger partial charge in [-0.3, -0.25) is 14.5 Å². The molecule has 0 aliphatic carbocycles. The van der Waals surface area contributed by atoms with Crippen molar-refractivity contribution in [3.05, 3.63) is 47.6 Å². The lowest BCUT2D eigenvalue weighted by Gasteiger charge is -2.13. The first-order valence-corrected chi connectivity index (χ1v) is 5.22. The zero-order chi connectivity index (χ0) is 12.7. The monoisotopic (exact) mass is 246 g/mol. The number of carbonyl (C=O) groups excluding carboxylic acids is 2. The van der Waals surface area contributed by atoms with E-state index in [4.69, 9.17) is 4.52 Å². The zero-order valence-electron chi connectivity index (χ0n) is 9.09. The van der Waals surface area contributed by atoms with Crippen molar-refractivity contribution in [1.82, 2.24) is 5.16 Å². The smallest absolute Gasteiger partial charge is 0.299 e. The van der Waals surface area contributed by atoms with E-state index in [9.17, 15) is 14.0 Å². The average molecular weight is 246 g/mol. The molecule has 5 nitrogen and oxygen atoms in total. The lowest BCUT2D eigenvalue weighted by molar-refractivity contribution is -0.114. The molecule has 0 bridgehead atoms. The fourth-order valence-corrected chi connectivity index (χ4v) is 1.91. The van der Waals surface area contributed by atoms with Gasteiger partial charge in [-0.25, -0.2) is 4.39 Å². The van der Waals surface area contributed by atoms with Gasteiger partial charge in [0.2, 0.25) is 0 Å². The Morgan fingerprint density at radius 1 is 1.28 bits per heavy atom. The van der Waals surface area contributed by atoms with Crippen LogP contribution in [0.25, 0.3) is 0 Å². The van der Waals surface area contributed by atoms with E-state index in [0.29, 0.717) is 11.4 Å². The molecule has 0 radical (unpaired) electrons. The molecule has 1 amide bonds. The first-order valence-electron chi connectivity index (χ1n) is 5.22. The van der Waals surface area contributed by atoms with Gasteiger partial charge in [0.15, 0.2) is 5.76 Å². The van der Waals surface area contributed by atoms with E-state index in [-0.39, 0.29) is 12.1 Å². The molecule has 1 aromatic heterocycles. The molecule has 0 saturated heterocycles. The molecular weight excluding hydrogens is 239 g/mol. The number of Topliss-reactive ketones (excluding diaryl/α,β-unsaturated/α-hetero) is 1. The molecule has 0 spiro atoms. The van der Waals surface area contributed by atoms with Gasteiger partial charge in [-0.15, -0.1) is 0 Å². The summed E-state index contributed by atoms with van der Waals surface area (Å²) in [6, 6.07) is 5.27. The van der Waals surface area contributed by atoms with Crippen LogP contribution < -0.4 is 4.90 Å². The highest BCUT2D eigenvalue weighted by Gasteiger charge is 2.36. The van der Waals surface area contributed by atoms with Gasteiger partial charge in [-0.1, -0.05) is 5.16 Å². The van der Waals surface area contributed by atoms with E-state index in [1.54, 1.807) is 6.07 Å². The Labute approximate surface area is 101 Å². The Balaban J connectivity index is 2.02. The summed E-state index contributed by atoms with van der Waals surface area (Å²) >= 11 is 0. The van der Waals surface area contributed by atoms with Crippen LogP contribution in [-0.4, -0.2) is 16.8 Å². The topological polar surface area (TPSA) is 63.4 Å². The molecular formula is C12H7FN2O3. The third-order valence-electron chi connectivity index (χ3n) is 2.74. The molecule has 1 aromatic carbocycles. The summed E-state index contributed by atoms with van der Waals surface area (Å²) in [7, 11) is 0. The molecule has 18 heavy (non-hydrogen) atoms. The summed E-state index contributed by atoms with van der Waals surface area (Å²) in [5.74, 6) is -1.49. The van der Waals surface area contributed by atoms with Crippen LogP contribution in [0.5, 0.6) is 0 Å². The minimum Gasteiger partial charge on any atom is -0.359 e. The Kier molecular flexibility index (Phi) is 2.22. The van der Waals surface area contributed by atoms with E-state index in [1.165, 1.54) is 23.2 Å². The highest BCUT2D eigenvalue weighted by molar-refractivity contribution is 6.52. The molecule has 6 heteroatoms. The third kappa shape index (κ3) is 1.50. The number of ketones is 1. The van der Waals surface area contributed by atoms with Gasteiger partial charge in [0.05, 0.1) is 24.0 Å². The minimum atomic E-state index is -0.705. The summed E-state index contributed by atoms with van der Waals surface area (Å²) in [6.45, 7) is 0.100. The van der Waals surface area contributed by atoms with Crippen LogP contribution in [0, 0.1) is 5.82 Å². The maximum absolute atomic E-state index is 13.1. The minimum absolute atomic E-state index is 0.0829. The normalized spacial score (nSPS) is 14.2. The summed E-state index contributed by atoms with van der Waals surface area (Å²) in [5, 5.41) is 3.52. The lowest BCUT2D eigenvalue weighted by atomic mass is 10.1. The van der Waals surface area contributed by atoms with Crippen molar-refractivity contribution in [3.63, 3.8) is 0 Å². The van der Waals surface area contributed by atoms with Crippen molar-refractivity contribution in [2.75, 3.05) is 4.90 Å². The van der Waals surface area contributed by atoms with Crippen LogP contribution in [0.1, 0.15) is 16.1 Å². The van der Waals surface area contributed by atoms with Gasteiger partial charge in [-0.05, 0) is 18.2 Å². The number of halogens is 1. The fourth-order valence-electron chi connectivity index (χ4n) is 1.91. The number of amides is 1. The summed E-state index contributed by atoms with van der Waals surface area (Å²) in [4.78, 5) is 24.7. The number of anilines is 1. The van der Waals surface area contributed by atoms with E-state index in [0.717, 1.165) is 6.07 Å². The lowest BCUT2D eigenvalue weighted by Crippen LogP contribution is -2.28. The van der Waals surface area contributed by atoms with Crippen LogP contribution in [0.15, 0.2) is 35.0 Å². The van der Waals surface area contributed by atoms with E-state index in [2.05, 4.69) is 5.16 Å². The van der Waals surface area contributed by atoms with E-state index >= 15 is 0 Å². The molecule has 90 valence electrons. The van der Waals surface area contributed by atoms with Crippen molar-refractivity contribution in [2.24, 2.45) is 0 Å². The van der Waals surface area contributed by atoms with Gasteiger partial charge in [0.25, 0.3) is 11.7 Å². The Hall–Kier alpha value is -2.50. The molecule has 0 fully saturated rings. The van der Waals surface area contributed by atoms with E-state index in [1.807, 2.05) is 0 Å². The molecule has 0 N–H and O–H groups in total. The van der Waals surface area contributed by atoms with Gasteiger partial charge in [0.1, 0.15) is 5.82 Å². The van der Waals surface area contributed by atoms with Crippen LogP contribution in [-0.2, 0) is 11.3 Å². The van der Waals surface area contributed by atoms with Gasteiger partial charge in [0, 0.05) is 6.07 Å².